The molecule has 140 valence electrons. The summed E-state index contributed by atoms with van der Waals surface area (Å²) >= 11 is 0. The summed E-state index contributed by atoms with van der Waals surface area (Å²) in [7, 11) is 1.68. The van der Waals surface area contributed by atoms with E-state index in [0.717, 1.165) is 31.4 Å². The first-order chi connectivity index (χ1) is 12.7. The zero-order valence-electron chi connectivity index (χ0n) is 15.4. The van der Waals surface area contributed by atoms with Gasteiger partial charge in [0.25, 0.3) is 5.91 Å². The molecule has 0 spiro atoms. The van der Waals surface area contributed by atoms with Crippen LogP contribution in [0.1, 0.15) is 41.7 Å². The van der Waals surface area contributed by atoms with E-state index in [0.29, 0.717) is 24.6 Å². The van der Waals surface area contributed by atoms with Crippen molar-refractivity contribution in [2.75, 3.05) is 20.3 Å². The van der Waals surface area contributed by atoms with Crippen molar-refractivity contribution >= 4 is 5.91 Å². The van der Waals surface area contributed by atoms with E-state index in [9.17, 15) is 4.79 Å². The normalized spacial score (nSPS) is 20.1. The van der Waals surface area contributed by atoms with E-state index in [2.05, 4.69) is 15.3 Å². The zero-order chi connectivity index (χ0) is 18.4. The number of pyridine rings is 1. The highest BCUT2D eigenvalue weighted by molar-refractivity contribution is 5.94. The molecule has 3 rings (SSSR count). The molecule has 2 aromatic heterocycles. The third kappa shape index (κ3) is 4.89. The number of aromatic nitrogens is 3. The molecule has 0 bridgehead atoms. The number of hydrogen-bond acceptors (Lipinski definition) is 5. The standard InChI is InChI=1S/C19H26N4O3/c1-14-11-15(12-18(21-14)23-8-7-20-13-23)19(24)22-16-3-5-17(6-4-16)26-10-9-25-2/h7-8,11-13,16-17H,3-6,9-10H2,1-2H3,(H,22,24). The van der Waals surface area contributed by atoms with E-state index < -0.39 is 0 Å². The second-order valence-electron chi connectivity index (χ2n) is 6.64. The van der Waals surface area contributed by atoms with Crippen LogP contribution in [0.4, 0.5) is 0 Å². The van der Waals surface area contributed by atoms with Crippen molar-refractivity contribution in [2.24, 2.45) is 0 Å². The number of ether oxygens (including phenoxy) is 2. The summed E-state index contributed by atoms with van der Waals surface area (Å²) in [5.41, 5.74) is 1.43. The predicted octanol–water partition coefficient (Wildman–Crippen LogP) is 2.28. The molecule has 7 nitrogen and oxygen atoms in total. The second kappa shape index (κ2) is 8.91. The molecule has 1 aliphatic rings. The van der Waals surface area contributed by atoms with Crippen molar-refractivity contribution in [2.45, 2.75) is 44.8 Å². The lowest BCUT2D eigenvalue weighted by Crippen LogP contribution is -2.39. The lowest BCUT2D eigenvalue weighted by molar-refractivity contribution is -0.00408. The molecule has 2 heterocycles. The molecule has 2 aromatic rings. The Morgan fingerprint density at radius 2 is 2.08 bits per heavy atom. The number of nitrogens with zero attached hydrogens (tertiary/aromatic N) is 3. The van der Waals surface area contributed by atoms with Gasteiger partial charge in [0.1, 0.15) is 12.1 Å². The molecule has 1 fully saturated rings. The fourth-order valence-electron chi connectivity index (χ4n) is 3.25. The maximum Gasteiger partial charge on any atom is 0.251 e. The first-order valence-electron chi connectivity index (χ1n) is 9.04. The summed E-state index contributed by atoms with van der Waals surface area (Å²) in [4.78, 5) is 21.2. The second-order valence-corrected chi connectivity index (χ2v) is 6.64. The van der Waals surface area contributed by atoms with Gasteiger partial charge >= 0.3 is 0 Å². The number of amides is 1. The largest absolute Gasteiger partial charge is 0.382 e. The van der Waals surface area contributed by atoms with E-state index in [-0.39, 0.29) is 18.1 Å². The summed E-state index contributed by atoms with van der Waals surface area (Å²) in [6.07, 6.45) is 9.24. The van der Waals surface area contributed by atoms with Crippen LogP contribution in [0.15, 0.2) is 30.9 Å². The third-order valence-electron chi connectivity index (χ3n) is 4.62. The van der Waals surface area contributed by atoms with E-state index in [1.807, 2.05) is 19.2 Å². The average Bonchev–Trinajstić information content (AvgIpc) is 3.18. The number of aryl methyl sites for hydroxylation is 1. The van der Waals surface area contributed by atoms with Gasteiger partial charge in [-0.3, -0.25) is 9.36 Å². The van der Waals surface area contributed by atoms with E-state index in [4.69, 9.17) is 9.47 Å². The smallest absolute Gasteiger partial charge is 0.251 e. The van der Waals surface area contributed by atoms with Crippen LogP contribution in [0.5, 0.6) is 0 Å². The van der Waals surface area contributed by atoms with Crippen LogP contribution in [-0.4, -0.2) is 52.9 Å². The summed E-state index contributed by atoms with van der Waals surface area (Å²) in [5.74, 6) is 0.642. The van der Waals surface area contributed by atoms with Crippen molar-refractivity contribution in [1.82, 2.24) is 19.9 Å². The maximum absolute atomic E-state index is 12.7. The Morgan fingerprint density at radius 1 is 1.27 bits per heavy atom. The minimum Gasteiger partial charge on any atom is -0.382 e. The van der Waals surface area contributed by atoms with Gasteiger partial charge in [0, 0.05) is 36.8 Å². The van der Waals surface area contributed by atoms with Gasteiger partial charge in [-0.2, -0.15) is 0 Å². The molecule has 0 unspecified atom stereocenters. The molecule has 0 aromatic carbocycles. The van der Waals surface area contributed by atoms with Gasteiger partial charge in [0.2, 0.25) is 0 Å². The van der Waals surface area contributed by atoms with Crippen LogP contribution in [0.25, 0.3) is 5.82 Å². The molecule has 7 heteroatoms. The van der Waals surface area contributed by atoms with Gasteiger partial charge in [-0.15, -0.1) is 0 Å². The van der Waals surface area contributed by atoms with Gasteiger partial charge in [0.15, 0.2) is 0 Å². The van der Waals surface area contributed by atoms with Crippen LogP contribution in [0, 0.1) is 6.92 Å². The molecular formula is C19H26N4O3. The Labute approximate surface area is 153 Å². The van der Waals surface area contributed by atoms with Gasteiger partial charge in [-0.25, -0.2) is 9.97 Å². The molecule has 0 atom stereocenters. The third-order valence-corrected chi connectivity index (χ3v) is 4.62. The number of carbonyl (C=O) groups is 1. The van der Waals surface area contributed by atoms with Gasteiger partial charge in [-0.1, -0.05) is 0 Å². The highest BCUT2D eigenvalue weighted by Crippen LogP contribution is 2.22. The van der Waals surface area contributed by atoms with Crippen LogP contribution in [0.3, 0.4) is 0 Å². The highest BCUT2D eigenvalue weighted by Gasteiger charge is 2.23. The molecule has 1 aliphatic carbocycles. The van der Waals surface area contributed by atoms with Crippen molar-refractivity contribution in [1.29, 1.82) is 0 Å². The average molecular weight is 358 g/mol. The van der Waals surface area contributed by atoms with Crippen molar-refractivity contribution in [3.05, 3.63) is 42.1 Å². The van der Waals surface area contributed by atoms with Crippen molar-refractivity contribution in [3.63, 3.8) is 0 Å². The van der Waals surface area contributed by atoms with Crippen molar-refractivity contribution in [3.8, 4) is 5.82 Å². The van der Waals surface area contributed by atoms with Crippen LogP contribution in [0.2, 0.25) is 0 Å². The monoisotopic (exact) mass is 358 g/mol. The number of hydrogen-bond donors (Lipinski definition) is 1. The Morgan fingerprint density at radius 3 is 2.77 bits per heavy atom. The Bertz CT molecular complexity index is 710. The highest BCUT2D eigenvalue weighted by atomic mass is 16.5. The number of nitrogens with one attached hydrogen (secondary N) is 1. The zero-order valence-corrected chi connectivity index (χ0v) is 15.4. The van der Waals surface area contributed by atoms with Crippen LogP contribution < -0.4 is 5.32 Å². The maximum atomic E-state index is 12.7. The van der Waals surface area contributed by atoms with Gasteiger partial charge in [-0.05, 0) is 44.7 Å². The van der Waals surface area contributed by atoms with E-state index in [1.54, 1.807) is 30.3 Å². The first-order valence-corrected chi connectivity index (χ1v) is 9.04. The molecular weight excluding hydrogens is 332 g/mol. The molecule has 0 aliphatic heterocycles. The lowest BCUT2D eigenvalue weighted by atomic mass is 9.92. The molecule has 0 radical (unpaired) electrons. The quantitative estimate of drug-likeness (QED) is 0.768. The number of imidazole rings is 1. The van der Waals surface area contributed by atoms with E-state index >= 15 is 0 Å². The fraction of sp³-hybridized carbons (Fsp3) is 0.526. The Balaban J connectivity index is 1.56. The van der Waals surface area contributed by atoms with Gasteiger partial charge < -0.3 is 14.8 Å². The molecule has 26 heavy (non-hydrogen) atoms. The topological polar surface area (TPSA) is 78.3 Å². The Hall–Kier alpha value is -2.25. The fourth-order valence-corrected chi connectivity index (χ4v) is 3.25. The summed E-state index contributed by atoms with van der Waals surface area (Å²) in [6.45, 7) is 3.14. The summed E-state index contributed by atoms with van der Waals surface area (Å²) in [5, 5.41) is 3.15. The SMILES string of the molecule is COCCOC1CCC(NC(=O)c2cc(C)nc(-n3ccnc3)c2)CC1. The first kappa shape index (κ1) is 18.5. The van der Waals surface area contributed by atoms with Gasteiger partial charge in [0.05, 0.1) is 19.3 Å². The minimum atomic E-state index is -0.0550. The van der Waals surface area contributed by atoms with Crippen LogP contribution in [-0.2, 0) is 9.47 Å². The number of rotatable bonds is 7. The number of methoxy groups -OCH3 is 1. The molecule has 1 N–H and O–H groups in total. The molecule has 1 saturated carbocycles. The predicted molar refractivity (Wildman–Crippen MR) is 97.4 cm³/mol. The molecule has 1 amide bonds. The number of carbonyl (C=O) groups excluding carboxylic acids is 1. The van der Waals surface area contributed by atoms with E-state index in [1.165, 1.54) is 0 Å². The van der Waals surface area contributed by atoms with Crippen molar-refractivity contribution < 1.29 is 14.3 Å². The minimum absolute atomic E-state index is 0.0550. The van der Waals surface area contributed by atoms with Crippen LogP contribution >= 0.6 is 0 Å². The Kier molecular flexibility index (Phi) is 6.35. The summed E-state index contributed by atoms with van der Waals surface area (Å²) in [6, 6.07) is 3.80. The summed E-state index contributed by atoms with van der Waals surface area (Å²) < 4.78 is 12.6. The lowest BCUT2D eigenvalue weighted by Gasteiger charge is -2.29. The molecule has 0 saturated heterocycles.